The minimum atomic E-state index is 0.692. The smallest absolute Gasteiger partial charge is 0.181 e. The van der Waals surface area contributed by atoms with Gasteiger partial charge in [-0.15, -0.1) is 0 Å². The molecule has 0 aliphatic carbocycles. The molecular weight excluding hydrogens is 248 g/mol. The quantitative estimate of drug-likeness (QED) is 0.712. The second kappa shape index (κ2) is 5.40. The maximum Gasteiger partial charge on any atom is 0.181 e. The Labute approximate surface area is 117 Å². The number of nitrogens with two attached hydrogens (primary N) is 1. The predicted octanol–water partition coefficient (Wildman–Crippen LogP) is 3.22. The number of H-pyrrole nitrogens is 1. The van der Waals surface area contributed by atoms with Crippen LogP contribution in [0.1, 0.15) is 11.4 Å². The molecule has 2 aromatic carbocycles. The van der Waals surface area contributed by atoms with Gasteiger partial charge in [0.25, 0.3) is 0 Å². The number of rotatable bonds is 3. The van der Waals surface area contributed by atoms with Gasteiger partial charge >= 0.3 is 0 Å². The van der Waals surface area contributed by atoms with Gasteiger partial charge < -0.3 is 5.73 Å². The molecule has 0 fully saturated rings. The lowest BCUT2D eigenvalue weighted by Crippen LogP contribution is -1.83. The summed E-state index contributed by atoms with van der Waals surface area (Å²) >= 11 is 0. The standard InChI is InChI=1S/C16H14N4/c17-14-8-4-5-12(11-14)9-10-15-18-16(20-19-15)13-6-2-1-3-7-13/h1-11H,17H2,(H,18,19,20)/b10-9+. The molecule has 0 radical (unpaired) electrons. The number of nitrogens with one attached hydrogen (secondary N) is 1. The normalized spacial score (nSPS) is 11.0. The highest BCUT2D eigenvalue weighted by Crippen LogP contribution is 2.14. The van der Waals surface area contributed by atoms with E-state index >= 15 is 0 Å². The van der Waals surface area contributed by atoms with E-state index in [1.165, 1.54) is 0 Å². The molecule has 0 atom stereocenters. The highest BCUT2D eigenvalue weighted by molar-refractivity contribution is 5.69. The Kier molecular flexibility index (Phi) is 3.29. The summed E-state index contributed by atoms with van der Waals surface area (Å²) in [7, 11) is 0. The van der Waals surface area contributed by atoms with Crippen LogP contribution in [0.4, 0.5) is 5.69 Å². The van der Waals surface area contributed by atoms with E-state index in [4.69, 9.17) is 5.73 Å². The Balaban J connectivity index is 1.81. The fourth-order valence-electron chi connectivity index (χ4n) is 1.90. The van der Waals surface area contributed by atoms with Crippen LogP contribution in [0, 0.1) is 0 Å². The van der Waals surface area contributed by atoms with Crippen LogP contribution < -0.4 is 5.73 Å². The number of nitrogens with zero attached hydrogens (tertiary/aromatic N) is 2. The lowest BCUT2D eigenvalue weighted by molar-refractivity contribution is 1.08. The summed E-state index contributed by atoms with van der Waals surface area (Å²) in [5, 5.41) is 7.11. The van der Waals surface area contributed by atoms with Gasteiger partial charge in [-0.1, -0.05) is 48.5 Å². The average molecular weight is 262 g/mol. The summed E-state index contributed by atoms with van der Waals surface area (Å²) < 4.78 is 0. The van der Waals surface area contributed by atoms with Crippen LogP contribution in [0.3, 0.4) is 0 Å². The number of anilines is 1. The van der Waals surface area contributed by atoms with Crippen LogP contribution >= 0.6 is 0 Å². The first-order valence-electron chi connectivity index (χ1n) is 6.33. The van der Waals surface area contributed by atoms with E-state index in [1.807, 2.05) is 66.7 Å². The van der Waals surface area contributed by atoms with Crippen LogP contribution in [0.5, 0.6) is 0 Å². The second-order valence-corrected chi connectivity index (χ2v) is 4.41. The number of hydrogen-bond acceptors (Lipinski definition) is 3. The summed E-state index contributed by atoms with van der Waals surface area (Å²) in [6, 6.07) is 17.5. The third-order valence-corrected chi connectivity index (χ3v) is 2.88. The molecule has 98 valence electrons. The Morgan fingerprint density at radius 3 is 2.60 bits per heavy atom. The Morgan fingerprint density at radius 2 is 1.80 bits per heavy atom. The van der Waals surface area contributed by atoms with Gasteiger partial charge in [0.1, 0.15) is 5.82 Å². The minimum Gasteiger partial charge on any atom is -0.399 e. The predicted molar refractivity (Wildman–Crippen MR) is 81.6 cm³/mol. The maximum absolute atomic E-state index is 5.74. The van der Waals surface area contributed by atoms with Gasteiger partial charge in [0, 0.05) is 11.3 Å². The fourth-order valence-corrected chi connectivity index (χ4v) is 1.90. The van der Waals surface area contributed by atoms with Gasteiger partial charge in [0.2, 0.25) is 0 Å². The zero-order chi connectivity index (χ0) is 13.8. The van der Waals surface area contributed by atoms with Crippen LogP contribution in [-0.4, -0.2) is 15.2 Å². The first-order valence-corrected chi connectivity index (χ1v) is 6.33. The third kappa shape index (κ3) is 2.75. The first kappa shape index (κ1) is 12.2. The highest BCUT2D eigenvalue weighted by Gasteiger charge is 2.02. The van der Waals surface area contributed by atoms with Crippen molar-refractivity contribution >= 4 is 17.8 Å². The lowest BCUT2D eigenvalue weighted by Gasteiger charge is -1.94. The molecule has 0 aliphatic heterocycles. The SMILES string of the molecule is Nc1cccc(/C=C/c2nc(-c3ccccc3)n[nH]2)c1. The molecular formula is C16H14N4. The van der Waals surface area contributed by atoms with Crippen molar-refractivity contribution in [1.82, 2.24) is 15.2 Å². The van der Waals surface area contributed by atoms with Gasteiger partial charge in [-0.05, 0) is 23.8 Å². The molecule has 0 spiro atoms. The van der Waals surface area contributed by atoms with E-state index in [-0.39, 0.29) is 0 Å². The minimum absolute atomic E-state index is 0.692. The zero-order valence-electron chi connectivity index (χ0n) is 10.8. The van der Waals surface area contributed by atoms with Crippen LogP contribution in [0.15, 0.2) is 54.6 Å². The largest absolute Gasteiger partial charge is 0.399 e. The van der Waals surface area contributed by atoms with Gasteiger partial charge in [0.05, 0.1) is 0 Å². The van der Waals surface area contributed by atoms with Crippen LogP contribution in [0.2, 0.25) is 0 Å². The molecule has 4 heteroatoms. The molecule has 0 unspecified atom stereocenters. The molecule has 0 bridgehead atoms. The molecule has 4 nitrogen and oxygen atoms in total. The molecule has 0 amide bonds. The van der Waals surface area contributed by atoms with Crippen molar-refractivity contribution in [3.8, 4) is 11.4 Å². The fraction of sp³-hybridized carbons (Fsp3) is 0. The first-order chi connectivity index (χ1) is 9.81. The van der Waals surface area contributed by atoms with Gasteiger partial charge in [-0.25, -0.2) is 4.98 Å². The molecule has 0 saturated heterocycles. The molecule has 3 N–H and O–H groups in total. The summed E-state index contributed by atoms with van der Waals surface area (Å²) in [6.45, 7) is 0. The van der Waals surface area contributed by atoms with Crippen molar-refractivity contribution in [3.63, 3.8) is 0 Å². The van der Waals surface area contributed by atoms with Crippen molar-refractivity contribution in [2.75, 3.05) is 5.73 Å². The summed E-state index contributed by atoms with van der Waals surface area (Å²) in [5.41, 5.74) is 8.51. The van der Waals surface area contributed by atoms with Crippen molar-refractivity contribution in [2.45, 2.75) is 0 Å². The highest BCUT2D eigenvalue weighted by atomic mass is 15.2. The van der Waals surface area contributed by atoms with E-state index in [0.717, 1.165) is 16.8 Å². The van der Waals surface area contributed by atoms with Crippen molar-refractivity contribution in [3.05, 3.63) is 66.0 Å². The van der Waals surface area contributed by atoms with E-state index in [9.17, 15) is 0 Å². The molecule has 0 aliphatic rings. The zero-order valence-corrected chi connectivity index (χ0v) is 10.8. The number of aromatic amines is 1. The monoisotopic (exact) mass is 262 g/mol. The van der Waals surface area contributed by atoms with Gasteiger partial charge in [-0.3, -0.25) is 5.10 Å². The molecule has 3 rings (SSSR count). The lowest BCUT2D eigenvalue weighted by atomic mass is 10.2. The number of benzene rings is 2. The van der Waals surface area contributed by atoms with Crippen molar-refractivity contribution in [2.24, 2.45) is 0 Å². The molecule has 0 saturated carbocycles. The van der Waals surface area contributed by atoms with Gasteiger partial charge in [0.15, 0.2) is 5.82 Å². The van der Waals surface area contributed by atoms with Crippen LogP contribution in [0.25, 0.3) is 23.5 Å². The Bertz CT molecular complexity index is 729. The van der Waals surface area contributed by atoms with E-state index in [2.05, 4.69) is 15.2 Å². The van der Waals surface area contributed by atoms with Gasteiger partial charge in [-0.2, -0.15) is 5.10 Å². The number of hydrogen-bond donors (Lipinski definition) is 2. The summed E-state index contributed by atoms with van der Waals surface area (Å²) in [5.74, 6) is 1.41. The molecule has 20 heavy (non-hydrogen) atoms. The van der Waals surface area contributed by atoms with Crippen molar-refractivity contribution in [1.29, 1.82) is 0 Å². The second-order valence-electron chi connectivity index (χ2n) is 4.41. The van der Waals surface area contributed by atoms with E-state index in [1.54, 1.807) is 0 Å². The van der Waals surface area contributed by atoms with E-state index in [0.29, 0.717) is 11.6 Å². The van der Waals surface area contributed by atoms with E-state index < -0.39 is 0 Å². The van der Waals surface area contributed by atoms with Crippen LogP contribution in [-0.2, 0) is 0 Å². The Hall–Kier alpha value is -2.88. The summed E-state index contributed by atoms with van der Waals surface area (Å²) in [6.07, 6.45) is 3.83. The third-order valence-electron chi connectivity index (χ3n) is 2.88. The number of aromatic nitrogens is 3. The topological polar surface area (TPSA) is 67.6 Å². The average Bonchev–Trinajstić information content (AvgIpc) is 2.95. The maximum atomic E-state index is 5.74. The molecule has 3 aromatic rings. The summed E-state index contributed by atoms with van der Waals surface area (Å²) in [4.78, 5) is 4.43. The Morgan fingerprint density at radius 1 is 0.950 bits per heavy atom. The molecule has 1 aromatic heterocycles. The molecule has 1 heterocycles. The van der Waals surface area contributed by atoms with Crippen molar-refractivity contribution < 1.29 is 0 Å². The number of nitrogen functional groups attached to an aromatic ring is 1.